The lowest BCUT2D eigenvalue weighted by molar-refractivity contribution is -0.120. The van der Waals surface area contributed by atoms with Crippen molar-refractivity contribution in [3.05, 3.63) is 29.6 Å². The molecule has 0 aliphatic rings. The zero-order valence-electron chi connectivity index (χ0n) is 9.82. The number of hydrogen-bond donors (Lipinski definition) is 2. The number of rotatable bonds is 5. The SMILES string of the molecule is CCNC(=O)CCNc1ccc2sccc2c1. The van der Waals surface area contributed by atoms with Gasteiger partial charge in [-0.05, 0) is 42.0 Å². The highest BCUT2D eigenvalue weighted by molar-refractivity contribution is 7.17. The Kier molecular flexibility index (Phi) is 3.98. The average Bonchev–Trinajstić information content (AvgIpc) is 2.76. The van der Waals surface area contributed by atoms with Crippen LogP contribution >= 0.6 is 11.3 Å². The summed E-state index contributed by atoms with van der Waals surface area (Å²) < 4.78 is 1.29. The first-order chi connectivity index (χ1) is 8.29. The second-order valence-electron chi connectivity index (χ2n) is 3.80. The Bertz CT molecular complexity index is 507. The second kappa shape index (κ2) is 5.68. The smallest absolute Gasteiger partial charge is 0.221 e. The third kappa shape index (κ3) is 3.20. The number of thiophene rings is 1. The van der Waals surface area contributed by atoms with Crippen LogP contribution in [0.5, 0.6) is 0 Å². The lowest BCUT2D eigenvalue weighted by Crippen LogP contribution is -2.24. The van der Waals surface area contributed by atoms with E-state index in [1.165, 1.54) is 10.1 Å². The molecule has 0 fully saturated rings. The van der Waals surface area contributed by atoms with Crippen LogP contribution in [-0.2, 0) is 4.79 Å². The molecule has 0 saturated heterocycles. The fourth-order valence-electron chi connectivity index (χ4n) is 1.68. The summed E-state index contributed by atoms with van der Waals surface area (Å²) in [5, 5.41) is 9.37. The Morgan fingerprint density at radius 3 is 3.06 bits per heavy atom. The molecule has 0 spiro atoms. The first kappa shape index (κ1) is 11.9. The van der Waals surface area contributed by atoms with Gasteiger partial charge < -0.3 is 10.6 Å². The van der Waals surface area contributed by atoms with Crippen LogP contribution in [-0.4, -0.2) is 19.0 Å². The number of benzene rings is 1. The van der Waals surface area contributed by atoms with Crippen molar-refractivity contribution in [3.8, 4) is 0 Å². The molecule has 2 rings (SSSR count). The summed E-state index contributed by atoms with van der Waals surface area (Å²) in [5.41, 5.74) is 1.07. The summed E-state index contributed by atoms with van der Waals surface area (Å²) in [4.78, 5) is 11.3. The molecular formula is C13H16N2OS. The lowest BCUT2D eigenvalue weighted by atomic mass is 10.2. The van der Waals surface area contributed by atoms with Gasteiger partial charge in [0.05, 0.1) is 0 Å². The van der Waals surface area contributed by atoms with Gasteiger partial charge in [-0.3, -0.25) is 4.79 Å². The number of hydrogen-bond acceptors (Lipinski definition) is 3. The molecule has 1 heterocycles. The maximum Gasteiger partial charge on any atom is 0.221 e. The highest BCUT2D eigenvalue weighted by atomic mass is 32.1. The van der Waals surface area contributed by atoms with Crippen LogP contribution in [0.4, 0.5) is 5.69 Å². The molecule has 0 aliphatic carbocycles. The molecule has 4 heteroatoms. The topological polar surface area (TPSA) is 41.1 Å². The molecule has 0 atom stereocenters. The quantitative estimate of drug-likeness (QED) is 0.854. The van der Waals surface area contributed by atoms with E-state index in [-0.39, 0.29) is 5.91 Å². The van der Waals surface area contributed by atoms with Gasteiger partial charge in [-0.1, -0.05) is 0 Å². The number of carbonyl (C=O) groups is 1. The molecule has 90 valence electrons. The van der Waals surface area contributed by atoms with Gasteiger partial charge in [0.15, 0.2) is 0 Å². The maximum atomic E-state index is 11.3. The zero-order valence-corrected chi connectivity index (χ0v) is 10.6. The number of anilines is 1. The van der Waals surface area contributed by atoms with E-state index in [2.05, 4.69) is 40.3 Å². The Morgan fingerprint density at radius 2 is 2.24 bits per heavy atom. The largest absolute Gasteiger partial charge is 0.385 e. The predicted octanol–water partition coefficient (Wildman–Crippen LogP) is 2.84. The molecule has 3 nitrogen and oxygen atoms in total. The summed E-state index contributed by atoms with van der Waals surface area (Å²) in [6.07, 6.45) is 0.509. The van der Waals surface area contributed by atoms with E-state index in [1.807, 2.05) is 6.92 Å². The molecule has 0 aliphatic heterocycles. The molecule has 1 aromatic carbocycles. The summed E-state index contributed by atoms with van der Waals surface area (Å²) in [6, 6.07) is 8.38. The average molecular weight is 248 g/mol. The van der Waals surface area contributed by atoms with Crippen LogP contribution in [0, 0.1) is 0 Å². The van der Waals surface area contributed by atoms with E-state index in [4.69, 9.17) is 0 Å². The van der Waals surface area contributed by atoms with Gasteiger partial charge in [0.1, 0.15) is 0 Å². The lowest BCUT2D eigenvalue weighted by Gasteiger charge is -2.06. The van der Waals surface area contributed by atoms with Gasteiger partial charge in [-0.25, -0.2) is 0 Å². The van der Waals surface area contributed by atoms with E-state index in [0.717, 1.165) is 5.69 Å². The molecule has 1 amide bonds. The minimum Gasteiger partial charge on any atom is -0.385 e. The number of fused-ring (bicyclic) bond motifs is 1. The summed E-state index contributed by atoms with van der Waals surface area (Å²) in [7, 11) is 0. The third-order valence-corrected chi connectivity index (χ3v) is 3.41. The van der Waals surface area contributed by atoms with Gasteiger partial charge in [0, 0.05) is 29.9 Å². The molecule has 1 aromatic heterocycles. The van der Waals surface area contributed by atoms with Crippen molar-refractivity contribution >= 4 is 33.0 Å². The van der Waals surface area contributed by atoms with E-state index in [1.54, 1.807) is 11.3 Å². The Labute approximate surface area is 105 Å². The highest BCUT2D eigenvalue weighted by Crippen LogP contribution is 2.23. The molecule has 2 N–H and O–H groups in total. The molecule has 0 radical (unpaired) electrons. The fraction of sp³-hybridized carbons (Fsp3) is 0.308. The van der Waals surface area contributed by atoms with E-state index < -0.39 is 0 Å². The fourth-order valence-corrected chi connectivity index (χ4v) is 2.45. The first-order valence-corrected chi connectivity index (χ1v) is 6.65. The molecule has 0 unspecified atom stereocenters. The normalized spacial score (nSPS) is 10.4. The Balaban J connectivity index is 1.88. The standard InChI is InChI=1S/C13H16N2OS/c1-2-14-13(16)5-7-15-11-3-4-12-10(9-11)6-8-17-12/h3-4,6,8-9,15H,2,5,7H2,1H3,(H,14,16). The van der Waals surface area contributed by atoms with Crippen molar-refractivity contribution in [2.45, 2.75) is 13.3 Å². The minimum atomic E-state index is 0.0941. The van der Waals surface area contributed by atoms with E-state index >= 15 is 0 Å². The number of carbonyl (C=O) groups excluding carboxylic acids is 1. The first-order valence-electron chi connectivity index (χ1n) is 5.77. The Hall–Kier alpha value is -1.55. The van der Waals surface area contributed by atoms with Gasteiger partial charge in [-0.15, -0.1) is 11.3 Å². The van der Waals surface area contributed by atoms with Crippen LogP contribution in [0.3, 0.4) is 0 Å². The Morgan fingerprint density at radius 1 is 1.35 bits per heavy atom. The van der Waals surface area contributed by atoms with Crippen LogP contribution in [0.1, 0.15) is 13.3 Å². The van der Waals surface area contributed by atoms with E-state index in [0.29, 0.717) is 19.5 Å². The highest BCUT2D eigenvalue weighted by Gasteiger charge is 2.00. The van der Waals surface area contributed by atoms with Gasteiger partial charge >= 0.3 is 0 Å². The van der Waals surface area contributed by atoms with Crippen LogP contribution < -0.4 is 10.6 Å². The van der Waals surface area contributed by atoms with Gasteiger partial charge in [0.2, 0.25) is 5.91 Å². The third-order valence-electron chi connectivity index (χ3n) is 2.51. The molecule has 0 bridgehead atoms. The second-order valence-corrected chi connectivity index (χ2v) is 4.75. The molecule has 0 saturated carbocycles. The minimum absolute atomic E-state index is 0.0941. The molecular weight excluding hydrogens is 232 g/mol. The summed E-state index contributed by atoms with van der Waals surface area (Å²) >= 11 is 1.74. The van der Waals surface area contributed by atoms with Crippen molar-refractivity contribution in [1.82, 2.24) is 5.32 Å². The monoisotopic (exact) mass is 248 g/mol. The van der Waals surface area contributed by atoms with Crippen molar-refractivity contribution in [1.29, 1.82) is 0 Å². The number of nitrogens with one attached hydrogen (secondary N) is 2. The predicted molar refractivity (Wildman–Crippen MR) is 73.6 cm³/mol. The van der Waals surface area contributed by atoms with Crippen molar-refractivity contribution in [2.75, 3.05) is 18.4 Å². The molecule has 2 aromatic rings. The van der Waals surface area contributed by atoms with Crippen LogP contribution in [0.25, 0.3) is 10.1 Å². The van der Waals surface area contributed by atoms with E-state index in [9.17, 15) is 4.79 Å². The van der Waals surface area contributed by atoms with Crippen molar-refractivity contribution < 1.29 is 4.79 Å². The molecule has 17 heavy (non-hydrogen) atoms. The summed E-state index contributed by atoms with van der Waals surface area (Å²) in [5.74, 6) is 0.0941. The van der Waals surface area contributed by atoms with Gasteiger partial charge in [0.25, 0.3) is 0 Å². The number of amides is 1. The van der Waals surface area contributed by atoms with Crippen molar-refractivity contribution in [3.63, 3.8) is 0 Å². The van der Waals surface area contributed by atoms with Crippen LogP contribution in [0.2, 0.25) is 0 Å². The zero-order chi connectivity index (χ0) is 12.1. The summed E-state index contributed by atoms with van der Waals surface area (Å²) in [6.45, 7) is 3.29. The van der Waals surface area contributed by atoms with Crippen LogP contribution in [0.15, 0.2) is 29.6 Å². The van der Waals surface area contributed by atoms with Crippen molar-refractivity contribution in [2.24, 2.45) is 0 Å². The van der Waals surface area contributed by atoms with Gasteiger partial charge in [-0.2, -0.15) is 0 Å². The maximum absolute atomic E-state index is 11.3.